The van der Waals surface area contributed by atoms with Gasteiger partial charge in [0.25, 0.3) is 0 Å². The van der Waals surface area contributed by atoms with Crippen LogP contribution in [0.25, 0.3) is 0 Å². The molecule has 21 heavy (non-hydrogen) atoms. The van der Waals surface area contributed by atoms with Crippen molar-refractivity contribution in [2.75, 3.05) is 11.9 Å². The van der Waals surface area contributed by atoms with Crippen molar-refractivity contribution >= 4 is 17.6 Å². The summed E-state index contributed by atoms with van der Waals surface area (Å²) in [6.45, 7) is 6.46. The van der Waals surface area contributed by atoms with Gasteiger partial charge in [-0.05, 0) is 37.9 Å². The highest BCUT2D eigenvalue weighted by Gasteiger charge is 2.20. The van der Waals surface area contributed by atoms with E-state index in [-0.39, 0.29) is 12.3 Å². The lowest BCUT2D eigenvalue weighted by Gasteiger charge is -2.16. The highest BCUT2D eigenvalue weighted by Crippen LogP contribution is 2.19. The van der Waals surface area contributed by atoms with Crippen LogP contribution in [0.2, 0.25) is 0 Å². The van der Waals surface area contributed by atoms with Gasteiger partial charge >= 0.3 is 5.97 Å². The van der Waals surface area contributed by atoms with Crippen molar-refractivity contribution in [1.29, 1.82) is 0 Å². The minimum absolute atomic E-state index is 0.0766. The number of carbonyl (C=O) groups is 2. The Morgan fingerprint density at radius 1 is 1.24 bits per heavy atom. The number of hydrogen-bond donors (Lipinski definition) is 3. The van der Waals surface area contributed by atoms with E-state index in [1.54, 1.807) is 0 Å². The monoisotopic (exact) mass is 292 g/mol. The fourth-order valence-electron chi connectivity index (χ4n) is 2.09. The molecule has 0 radical (unpaired) electrons. The van der Waals surface area contributed by atoms with Crippen molar-refractivity contribution in [3.05, 3.63) is 29.3 Å². The van der Waals surface area contributed by atoms with Crippen LogP contribution < -0.4 is 10.6 Å². The normalized spacial score (nSPS) is 12.0. The summed E-state index contributed by atoms with van der Waals surface area (Å²) in [5, 5.41) is 14.9. The summed E-state index contributed by atoms with van der Waals surface area (Å²) in [6, 6.07) is 4.90. The van der Waals surface area contributed by atoms with Crippen molar-refractivity contribution in [2.24, 2.45) is 0 Å². The average molecular weight is 292 g/mol. The number of anilines is 1. The van der Waals surface area contributed by atoms with Crippen molar-refractivity contribution in [2.45, 2.75) is 46.1 Å². The largest absolute Gasteiger partial charge is 0.480 e. The summed E-state index contributed by atoms with van der Waals surface area (Å²) in [6.07, 6.45) is 1.79. The minimum atomic E-state index is -0.997. The van der Waals surface area contributed by atoms with E-state index in [1.807, 2.05) is 39.0 Å². The number of rotatable bonds is 8. The second-order valence-electron chi connectivity index (χ2n) is 5.22. The maximum Gasteiger partial charge on any atom is 0.321 e. The Balaban J connectivity index is 2.63. The molecule has 1 rings (SSSR count). The molecule has 3 N–H and O–H groups in total. The number of unbranched alkanes of at least 4 members (excludes halogenated alkanes) is 1. The number of carboxylic acid groups (broad SMARTS) is 1. The van der Waals surface area contributed by atoms with Gasteiger partial charge < -0.3 is 15.7 Å². The van der Waals surface area contributed by atoms with Gasteiger partial charge in [0.05, 0.1) is 6.42 Å². The van der Waals surface area contributed by atoms with Crippen LogP contribution in [0.15, 0.2) is 18.2 Å². The van der Waals surface area contributed by atoms with Crippen LogP contribution in [0, 0.1) is 13.8 Å². The van der Waals surface area contributed by atoms with Crippen LogP contribution in [-0.2, 0) is 9.59 Å². The summed E-state index contributed by atoms with van der Waals surface area (Å²) in [7, 11) is 0. The van der Waals surface area contributed by atoms with Crippen LogP contribution in [-0.4, -0.2) is 29.6 Å². The molecule has 0 fully saturated rings. The summed E-state index contributed by atoms with van der Waals surface area (Å²) in [5.41, 5.74) is 2.70. The molecule has 0 spiro atoms. The average Bonchev–Trinajstić information content (AvgIpc) is 2.42. The van der Waals surface area contributed by atoms with Gasteiger partial charge in [0.1, 0.15) is 6.04 Å². The van der Waals surface area contributed by atoms with E-state index >= 15 is 0 Å². The van der Waals surface area contributed by atoms with Crippen LogP contribution in [0.1, 0.15) is 37.3 Å². The van der Waals surface area contributed by atoms with E-state index in [0.29, 0.717) is 6.54 Å². The predicted molar refractivity (Wildman–Crippen MR) is 83.5 cm³/mol. The van der Waals surface area contributed by atoms with Crippen LogP contribution >= 0.6 is 0 Å². The molecule has 0 saturated carbocycles. The van der Waals surface area contributed by atoms with Crippen LogP contribution in [0.5, 0.6) is 0 Å². The van der Waals surface area contributed by atoms with E-state index in [9.17, 15) is 9.59 Å². The second-order valence-corrected chi connectivity index (χ2v) is 5.22. The van der Waals surface area contributed by atoms with Gasteiger partial charge in [-0.2, -0.15) is 0 Å². The van der Waals surface area contributed by atoms with Gasteiger partial charge in [0.2, 0.25) is 5.91 Å². The van der Waals surface area contributed by atoms with Crippen molar-refractivity contribution in [3.8, 4) is 0 Å². The quantitative estimate of drug-likeness (QED) is 0.643. The van der Waals surface area contributed by atoms with E-state index < -0.39 is 12.0 Å². The van der Waals surface area contributed by atoms with Crippen molar-refractivity contribution < 1.29 is 14.7 Å². The summed E-state index contributed by atoms with van der Waals surface area (Å²) in [5.74, 6) is -1.29. The topological polar surface area (TPSA) is 78.4 Å². The van der Waals surface area contributed by atoms with Crippen LogP contribution in [0.4, 0.5) is 5.69 Å². The van der Waals surface area contributed by atoms with Gasteiger partial charge in [0.15, 0.2) is 0 Å². The van der Waals surface area contributed by atoms with Gasteiger partial charge in [-0.25, -0.2) is 0 Å². The molecule has 0 aromatic heterocycles. The SMILES string of the molecule is CCCCNC(CC(=O)Nc1c(C)cccc1C)C(=O)O. The van der Waals surface area contributed by atoms with E-state index in [4.69, 9.17) is 5.11 Å². The standard InChI is InChI=1S/C16H24N2O3/c1-4-5-9-17-13(16(20)21)10-14(19)18-15-11(2)7-6-8-12(15)3/h6-8,13,17H,4-5,9-10H2,1-3H3,(H,18,19)(H,20,21). The number of para-hydroxylation sites is 1. The van der Waals surface area contributed by atoms with E-state index in [2.05, 4.69) is 10.6 Å². The second kappa shape index (κ2) is 8.42. The Bertz CT molecular complexity index is 480. The zero-order valence-corrected chi connectivity index (χ0v) is 12.9. The molecule has 0 aliphatic rings. The highest BCUT2D eigenvalue weighted by molar-refractivity contribution is 5.95. The smallest absolute Gasteiger partial charge is 0.321 e. The molecule has 5 heteroatoms. The molecule has 0 heterocycles. The molecule has 5 nitrogen and oxygen atoms in total. The molecule has 116 valence electrons. The number of carbonyl (C=O) groups excluding carboxylic acids is 1. The fourth-order valence-corrected chi connectivity index (χ4v) is 2.09. The molecule has 1 atom stereocenters. The number of benzene rings is 1. The first-order valence-corrected chi connectivity index (χ1v) is 7.28. The number of hydrogen-bond acceptors (Lipinski definition) is 3. The highest BCUT2D eigenvalue weighted by atomic mass is 16.4. The predicted octanol–water partition coefficient (Wildman–Crippen LogP) is 2.47. The third-order valence-electron chi connectivity index (χ3n) is 3.35. The molecule has 0 aliphatic carbocycles. The summed E-state index contributed by atoms with van der Waals surface area (Å²) in [4.78, 5) is 23.2. The first-order chi connectivity index (χ1) is 9.95. The molecule has 0 aliphatic heterocycles. The zero-order valence-electron chi connectivity index (χ0n) is 12.9. The molecule has 1 unspecified atom stereocenters. The fraction of sp³-hybridized carbons (Fsp3) is 0.500. The molecule has 0 saturated heterocycles. The molecule has 1 aromatic carbocycles. The molecular formula is C16H24N2O3. The molecule has 1 amide bonds. The number of amides is 1. The third-order valence-corrected chi connectivity index (χ3v) is 3.35. The number of nitrogens with one attached hydrogen (secondary N) is 2. The first kappa shape index (κ1) is 17.2. The lowest BCUT2D eigenvalue weighted by atomic mass is 10.1. The maximum atomic E-state index is 12.1. The first-order valence-electron chi connectivity index (χ1n) is 7.28. The van der Waals surface area contributed by atoms with E-state index in [0.717, 1.165) is 29.7 Å². The van der Waals surface area contributed by atoms with Gasteiger partial charge in [0, 0.05) is 5.69 Å². The zero-order chi connectivity index (χ0) is 15.8. The maximum absolute atomic E-state index is 12.1. The molecular weight excluding hydrogens is 268 g/mol. The summed E-state index contributed by atoms with van der Waals surface area (Å²) >= 11 is 0. The Morgan fingerprint density at radius 2 is 1.86 bits per heavy atom. The Hall–Kier alpha value is -1.88. The Morgan fingerprint density at radius 3 is 2.38 bits per heavy atom. The number of aryl methyl sites for hydroxylation is 2. The summed E-state index contributed by atoms with van der Waals surface area (Å²) < 4.78 is 0. The third kappa shape index (κ3) is 5.55. The minimum Gasteiger partial charge on any atom is -0.480 e. The van der Waals surface area contributed by atoms with Crippen molar-refractivity contribution in [3.63, 3.8) is 0 Å². The number of carboxylic acids is 1. The van der Waals surface area contributed by atoms with Crippen molar-refractivity contribution in [1.82, 2.24) is 5.32 Å². The van der Waals surface area contributed by atoms with Gasteiger partial charge in [-0.15, -0.1) is 0 Å². The Kier molecular flexibility index (Phi) is 6.88. The van der Waals surface area contributed by atoms with Gasteiger partial charge in [-0.3, -0.25) is 9.59 Å². The molecule has 0 bridgehead atoms. The lowest BCUT2D eigenvalue weighted by molar-refractivity contribution is -0.141. The van der Waals surface area contributed by atoms with Crippen LogP contribution in [0.3, 0.4) is 0 Å². The molecule has 1 aromatic rings. The van der Waals surface area contributed by atoms with Gasteiger partial charge in [-0.1, -0.05) is 31.5 Å². The Labute approximate surface area is 125 Å². The van der Waals surface area contributed by atoms with E-state index in [1.165, 1.54) is 0 Å². The number of aliphatic carboxylic acids is 1. The lowest BCUT2D eigenvalue weighted by Crippen LogP contribution is -2.40.